The van der Waals surface area contributed by atoms with Crippen molar-refractivity contribution in [3.05, 3.63) is 52.4 Å². The van der Waals surface area contributed by atoms with Crippen LogP contribution < -0.4 is 10.1 Å². The summed E-state index contributed by atoms with van der Waals surface area (Å²) in [5.41, 5.74) is 0.517. The van der Waals surface area contributed by atoms with Crippen molar-refractivity contribution in [3.63, 3.8) is 0 Å². The molecule has 1 aromatic heterocycles. The summed E-state index contributed by atoms with van der Waals surface area (Å²) in [7, 11) is 3.90. The number of ether oxygens (including phenoxy) is 1. The molecule has 0 spiro atoms. The molecule has 0 aliphatic rings. The third kappa shape index (κ3) is 4.85. The van der Waals surface area contributed by atoms with Crippen LogP contribution in [0.4, 0.5) is 0 Å². The van der Waals surface area contributed by atoms with Gasteiger partial charge in [0.15, 0.2) is 0 Å². The lowest BCUT2D eigenvalue weighted by Gasteiger charge is -2.23. The first-order valence-electron chi connectivity index (χ1n) is 7.82. The van der Waals surface area contributed by atoms with Crippen LogP contribution in [0.2, 0.25) is 0 Å². The minimum atomic E-state index is -0.170. The SMILES string of the molecule is CC(C)Oc1cc(Br)ccc1C(=O)NCC(c1ccco1)N(C)C. The van der Waals surface area contributed by atoms with Gasteiger partial charge in [-0.05, 0) is 58.3 Å². The Morgan fingerprint density at radius 1 is 1.33 bits per heavy atom. The highest BCUT2D eigenvalue weighted by Gasteiger charge is 2.20. The molecule has 1 aromatic carbocycles. The predicted octanol–water partition coefficient (Wildman–Crippen LogP) is 3.86. The second-order valence-electron chi connectivity index (χ2n) is 6.01. The van der Waals surface area contributed by atoms with E-state index >= 15 is 0 Å². The number of nitrogens with one attached hydrogen (secondary N) is 1. The number of likely N-dealkylation sites (N-methyl/N-ethyl adjacent to an activating group) is 1. The van der Waals surface area contributed by atoms with E-state index in [2.05, 4.69) is 21.2 Å². The highest BCUT2D eigenvalue weighted by atomic mass is 79.9. The lowest BCUT2D eigenvalue weighted by Crippen LogP contribution is -2.34. The van der Waals surface area contributed by atoms with Crippen molar-refractivity contribution in [2.45, 2.75) is 26.0 Å². The van der Waals surface area contributed by atoms with Gasteiger partial charge < -0.3 is 14.5 Å². The van der Waals surface area contributed by atoms with Gasteiger partial charge in [0.2, 0.25) is 0 Å². The zero-order chi connectivity index (χ0) is 17.7. The fraction of sp³-hybridized carbons (Fsp3) is 0.389. The molecule has 2 rings (SSSR count). The van der Waals surface area contributed by atoms with E-state index in [0.717, 1.165) is 10.2 Å². The fourth-order valence-corrected chi connectivity index (χ4v) is 2.68. The molecule has 1 N–H and O–H groups in total. The zero-order valence-electron chi connectivity index (χ0n) is 14.4. The first-order chi connectivity index (χ1) is 11.4. The largest absolute Gasteiger partial charge is 0.490 e. The molecule has 0 bridgehead atoms. The van der Waals surface area contributed by atoms with Gasteiger partial charge in [0, 0.05) is 11.0 Å². The van der Waals surface area contributed by atoms with Gasteiger partial charge in [0.25, 0.3) is 5.91 Å². The molecule has 0 fully saturated rings. The number of halogens is 1. The molecule has 0 aliphatic carbocycles. The summed E-state index contributed by atoms with van der Waals surface area (Å²) >= 11 is 3.41. The Balaban J connectivity index is 2.12. The molecule has 1 atom stereocenters. The summed E-state index contributed by atoms with van der Waals surface area (Å²) in [4.78, 5) is 14.6. The molecule has 2 aromatic rings. The van der Waals surface area contributed by atoms with Gasteiger partial charge >= 0.3 is 0 Å². The smallest absolute Gasteiger partial charge is 0.255 e. The first-order valence-corrected chi connectivity index (χ1v) is 8.62. The highest BCUT2D eigenvalue weighted by molar-refractivity contribution is 9.10. The van der Waals surface area contributed by atoms with Crippen molar-refractivity contribution in [3.8, 4) is 5.75 Å². The monoisotopic (exact) mass is 394 g/mol. The third-order valence-corrected chi connectivity index (χ3v) is 4.00. The van der Waals surface area contributed by atoms with Crippen LogP contribution in [-0.4, -0.2) is 37.6 Å². The minimum Gasteiger partial charge on any atom is -0.490 e. The van der Waals surface area contributed by atoms with E-state index in [1.165, 1.54) is 0 Å². The van der Waals surface area contributed by atoms with E-state index in [9.17, 15) is 4.79 Å². The van der Waals surface area contributed by atoms with Crippen LogP contribution in [-0.2, 0) is 0 Å². The van der Waals surface area contributed by atoms with Crippen LogP contribution in [0.1, 0.15) is 36.0 Å². The molecule has 6 heteroatoms. The average molecular weight is 395 g/mol. The van der Waals surface area contributed by atoms with E-state index in [-0.39, 0.29) is 18.1 Å². The molecule has 0 saturated heterocycles. The van der Waals surface area contributed by atoms with E-state index in [4.69, 9.17) is 9.15 Å². The molecule has 1 unspecified atom stereocenters. The van der Waals surface area contributed by atoms with Crippen LogP contribution in [0.5, 0.6) is 5.75 Å². The number of carbonyl (C=O) groups is 1. The maximum Gasteiger partial charge on any atom is 0.255 e. The van der Waals surface area contributed by atoms with Gasteiger partial charge in [-0.15, -0.1) is 0 Å². The zero-order valence-corrected chi connectivity index (χ0v) is 16.0. The topological polar surface area (TPSA) is 54.7 Å². The average Bonchev–Trinajstić information content (AvgIpc) is 3.00. The van der Waals surface area contributed by atoms with Gasteiger partial charge in [0.05, 0.1) is 24.0 Å². The molecule has 1 amide bonds. The lowest BCUT2D eigenvalue weighted by atomic mass is 10.1. The van der Waals surface area contributed by atoms with Crippen LogP contribution >= 0.6 is 15.9 Å². The summed E-state index contributed by atoms with van der Waals surface area (Å²) in [6, 6.07) is 9.12. The van der Waals surface area contributed by atoms with E-state index < -0.39 is 0 Å². The summed E-state index contributed by atoms with van der Waals surface area (Å²) in [5, 5.41) is 2.97. The molecule has 5 nitrogen and oxygen atoms in total. The predicted molar refractivity (Wildman–Crippen MR) is 97.4 cm³/mol. The standard InChI is InChI=1S/C18H23BrN2O3/c1-12(2)24-17-10-13(19)7-8-14(17)18(22)20-11-15(21(3)4)16-6-5-9-23-16/h5-10,12,15H,11H2,1-4H3,(H,20,22). The van der Waals surface area contributed by atoms with E-state index in [1.807, 2.05) is 57.1 Å². The first kappa shape index (κ1) is 18.5. The Morgan fingerprint density at radius 2 is 2.08 bits per heavy atom. The molecular formula is C18H23BrN2O3. The third-order valence-electron chi connectivity index (χ3n) is 3.50. The van der Waals surface area contributed by atoms with Gasteiger partial charge in [-0.1, -0.05) is 15.9 Å². The Morgan fingerprint density at radius 3 is 2.67 bits per heavy atom. The Hall–Kier alpha value is -1.79. The number of hydrogen-bond donors (Lipinski definition) is 1. The van der Waals surface area contributed by atoms with E-state index in [1.54, 1.807) is 12.3 Å². The number of carbonyl (C=O) groups excluding carboxylic acids is 1. The Bertz CT molecular complexity index is 669. The second-order valence-corrected chi connectivity index (χ2v) is 6.93. The number of benzene rings is 1. The molecule has 1 heterocycles. The minimum absolute atomic E-state index is 0.0107. The van der Waals surface area contributed by atoms with Crippen molar-refractivity contribution in [1.29, 1.82) is 0 Å². The van der Waals surface area contributed by atoms with Crippen LogP contribution in [0.3, 0.4) is 0 Å². The number of furan rings is 1. The second kappa shape index (κ2) is 8.35. The Labute approximate surface area is 151 Å². The van der Waals surface area contributed by atoms with Crippen molar-refractivity contribution >= 4 is 21.8 Å². The number of hydrogen-bond acceptors (Lipinski definition) is 4. The Kier molecular flexibility index (Phi) is 6.45. The molecule has 0 saturated carbocycles. The maximum absolute atomic E-state index is 12.6. The fourth-order valence-electron chi connectivity index (χ4n) is 2.34. The van der Waals surface area contributed by atoms with Gasteiger partial charge in [-0.2, -0.15) is 0 Å². The summed E-state index contributed by atoms with van der Waals surface area (Å²) < 4.78 is 12.1. The van der Waals surface area contributed by atoms with Crippen LogP contribution in [0.15, 0.2) is 45.5 Å². The number of rotatable bonds is 7. The highest BCUT2D eigenvalue weighted by Crippen LogP contribution is 2.25. The van der Waals surface area contributed by atoms with Crippen LogP contribution in [0.25, 0.3) is 0 Å². The maximum atomic E-state index is 12.6. The normalized spacial score (nSPS) is 12.5. The van der Waals surface area contributed by atoms with E-state index in [0.29, 0.717) is 17.9 Å². The molecule has 130 valence electrons. The quantitative estimate of drug-likeness (QED) is 0.774. The van der Waals surface area contributed by atoms with Crippen molar-refractivity contribution in [1.82, 2.24) is 10.2 Å². The molecule has 0 aliphatic heterocycles. The van der Waals surface area contributed by atoms with Crippen molar-refractivity contribution in [2.75, 3.05) is 20.6 Å². The van der Waals surface area contributed by atoms with Crippen molar-refractivity contribution in [2.24, 2.45) is 0 Å². The van der Waals surface area contributed by atoms with Gasteiger partial charge in [-0.3, -0.25) is 9.69 Å². The molecule has 0 radical (unpaired) electrons. The lowest BCUT2D eigenvalue weighted by molar-refractivity contribution is 0.0933. The van der Waals surface area contributed by atoms with Crippen LogP contribution in [0, 0.1) is 0 Å². The summed E-state index contributed by atoms with van der Waals surface area (Å²) in [6.45, 7) is 4.31. The van der Waals surface area contributed by atoms with Gasteiger partial charge in [0.1, 0.15) is 11.5 Å². The number of amides is 1. The summed E-state index contributed by atoms with van der Waals surface area (Å²) in [5.74, 6) is 1.21. The number of nitrogens with zero attached hydrogens (tertiary/aromatic N) is 1. The molecule has 24 heavy (non-hydrogen) atoms. The summed E-state index contributed by atoms with van der Waals surface area (Å²) in [6.07, 6.45) is 1.63. The van der Waals surface area contributed by atoms with Gasteiger partial charge in [-0.25, -0.2) is 0 Å². The molecular weight excluding hydrogens is 372 g/mol. The van der Waals surface area contributed by atoms with Crippen molar-refractivity contribution < 1.29 is 13.9 Å².